The monoisotopic (exact) mass is 306 g/mol. The number of alkyl halides is 3. The van der Waals surface area contributed by atoms with Gasteiger partial charge >= 0.3 is 6.18 Å². The largest absolute Gasteiger partial charge is 0.398 e. The smallest absolute Gasteiger partial charge is 0.324 e. The third-order valence-electron chi connectivity index (χ3n) is 2.26. The number of rotatable bonds is 7. The third kappa shape index (κ3) is 6.81. The van der Waals surface area contributed by atoms with E-state index < -0.39 is 11.9 Å². The number of anilines is 1. The first-order valence-corrected chi connectivity index (χ1v) is 7.20. The van der Waals surface area contributed by atoms with Gasteiger partial charge in [0.05, 0.1) is 18.0 Å². The fourth-order valence-corrected chi connectivity index (χ4v) is 2.20. The van der Waals surface area contributed by atoms with Crippen LogP contribution < -0.4 is 10.6 Å². The Bertz CT molecular complexity index is 438. The molecule has 3 nitrogen and oxygen atoms in total. The number of nitrogens with one attached hydrogen (secondary N) is 2. The molecule has 7 heteroatoms. The molecule has 1 rings (SSSR count). The molecule has 0 aliphatic rings. The van der Waals surface area contributed by atoms with Gasteiger partial charge in [0.25, 0.3) is 0 Å². The number of carbonyl (C=O) groups is 1. The summed E-state index contributed by atoms with van der Waals surface area (Å²) < 4.78 is 36.7. The van der Waals surface area contributed by atoms with E-state index in [1.165, 1.54) is 0 Å². The first-order valence-electron chi connectivity index (χ1n) is 6.21. The number of para-hydroxylation sites is 1. The molecule has 0 fully saturated rings. The van der Waals surface area contributed by atoms with E-state index in [9.17, 15) is 18.0 Å². The summed E-state index contributed by atoms with van der Waals surface area (Å²) in [5.74, 6) is -1.24. The lowest BCUT2D eigenvalue weighted by molar-refractivity contribution is -0.115. The lowest BCUT2D eigenvalue weighted by Crippen LogP contribution is -2.28. The fourth-order valence-electron chi connectivity index (χ4n) is 1.43. The Kier molecular flexibility index (Phi) is 6.87. The lowest BCUT2D eigenvalue weighted by Gasteiger charge is -2.12. The molecule has 0 radical (unpaired) electrons. The maximum atomic E-state index is 12.2. The zero-order valence-corrected chi connectivity index (χ0v) is 11.9. The van der Waals surface area contributed by atoms with E-state index >= 15 is 0 Å². The van der Waals surface area contributed by atoms with Crippen LogP contribution in [0.2, 0.25) is 0 Å². The first kappa shape index (κ1) is 16.8. The molecule has 0 aliphatic heterocycles. The highest BCUT2D eigenvalue weighted by atomic mass is 32.2. The van der Waals surface area contributed by atoms with Crippen molar-refractivity contribution in [1.29, 1.82) is 0 Å². The van der Waals surface area contributed by atoms with Gasteiger partial charge in [0, 0.05) is 4.90 Å². The topological polar surface area (TPSA) is 41.1 Å². The van der Waals surface area contributed by atoms with Crippen LogP contribution in [-0.2, 0) is 4.79 Å². The molecule has 1 amide bonds. The predicted molar refractivity (Wildman–Crippen MR) is 75.0 cm³/mol. The van der Waals surface area contributed by atoms with E-state index in [4.69, 9.17) is 0 Å². The summed E-state index contributed by atoms with van der Waals surface area (Å²) in [5, 5.41) is 5.55. The van der Waals surface area contributed by atoms with Crippen molar-refractivity contribution in [2.45, 2.75) is 24.4 Å². The van der Waals surface area contributed by atoms with Crippen molar-refractivity contribution >= 4 is 23.4 Å². The highest BCUT2D eigenvalue weighted by molar-refractivity contribution is 7.99. The minimum absolute atomic E-state index is 0.145. The van der Waals surface area contributed by atoms with Crippen LogP contribution in [0.15, 0.2) is 29.2 Å². The standard InChI is InChI=1S/C13H17F3N2OS/c1-2-7-17-8-12(19)18-10-5-3-4-6-11(10)20-9-13(14,15)16/h3-6,17H,2,7-9H2,1H3,(H,18,19). The summed E-state index contributed by atoms with van der Waals surface area (Å²) in [4.78, 5) is 12.0. The van der Waals surface area contributed by atoms with Crippen molar-refractivity contribution in [3.63, 3.8) is 0 Å². The number of benzene rings is 1. The van der Waals surface area contributed by atoms with Crippen LogP contribution in [0.5, 0.6) is 0 Å². The molecule has 0 heterocycles. The number of amides is 1. The quantitative estimate of drug-likeness (QED) is 0.600. The zero-order valence-electron chi connectivity index (χ0n) is 11.1. The summed E-state index contributed by atoms with van der Waals surface area (Å²) >= 11 is 0.664. The van der Waals surface area contributed by atoms with Gasteiger partial charge in [-0.3, -0.25) is 4.79 Å². The van der Waals surface area contributed by atoms with E-state index in [0.29, 0.717) is 22.3 Å². The molecule has 0 aliphatic carbocycles. The summed E-state index contributed by atoms with van der Waals surface area (Å²) in [6.07, 6.45) is -3.32. The molecule has 0 aromatic heterocycles. The van der Waals surface area contributed by atoms with Crippen LogP contribution in [0.1, 0.15) is 13.3 Å². The van der Waals surface area contributed by atoms with Crippen molar-refractivity contribution in [3.8, 4) is 0 Å². The van der Waals surface area contributed by atoms with Crippen LogP contribution in [0.25, 0.3) is 0 Å². The van der Waals surface area contributed by atoms with Gasteiger partial charge in [-0.25, -0.2) is 0 Å². The number of hydrogen-bond donors (Lipinski definition) is 2. The molecular formula is C13H17F3N2OS. The second kappa shape index (κ2) is 8.16. The summed E-state index contributed by atoms with van der Waals surface area (Å²) in [6, 6.07) is 6.47. The second-order valence-corrected chi connectivity index (χ2v) is 5.14. The number of halogens is 3. The first-order chi connectivity index (χ1) is 9.42. The van der Waals surface area contributed by atoms with Gasteiger partial charge in [0.1, 0.15) is 0 Å². The Labute approximate surface area is 120 Å². The second-order valence-electron chi connectivity index (χ2n) is 4.12. The third-order valence-corrected chi connectivity index (χ3v) is 3.40. The van der Waals surface area contributed by atoms with Crippen molar-refractivity contribution in [2.75, 3.05) is 24.2 Å². The summed E-state index contributed by atoms with van der Waals surface area (Å²) in [6.45, 7) is 2.85. The van der Waals surface area contributed by atoms with Crippen molar-refractivity contribution < 1.29 is 18.0 Å². The average molecular weight is 306 g/mol. The molecule has 0 unspecified atom stereocenters. The molecule has 0 saturated heterocycles. The van der Waals surface area contributed by atoms with Gasteiger partial charge in [-0.2, -0.15) is 13.2 Å². The lowest BCUT2D eigenvalue weighted by atomic mass is 10.3. The van der Waals surface area contributed by atoms with E-state index in [-0.39, 0.29) is 12.5 Å². The normalized spacial score (nSPS) is 11.4. The number of hydrogen-bond acceptors (Lipinski definition) is 3. The Morgan fingerprint density at radius 3 is 2.65 bits per heavy atom. The van der Waals surface area contributed by atoms with Crippen LogP contribution in [0.3, 0.4) is 0 Å². The highest BCUT2D eigenvalue weighted by Gasteiger charge is 2.27. The molecule has 0 bridgehead atoms. The van der Waals surface area contributed by atoms with Crippen LogP contribution in [-0.4, -0.2) is 30.9 Å². The molecular weight excluding hydrogens is 289 g/mol. The van der Waals surface area contributed by atoms with Gasteiger partial charge in [0.2, 0.25) is 5.91 Å². The average Bonchev–Trinajstić information content (AvgIpc) is 2.37. The van der Waals surface area contributed by atoms with Crippen LogP contribution in [0, 0.1) is 0 Å². The molecule has 0 spiro atoms. The number of carbonyl (C=O) groups excluding carboxylic acids is 1. The van der Waals surface area contributed by atoms with Gasteiger partial charge in [-0.1, -0.05) is 19.1 Å². The SMILES string of the molecule is CCCNCC(=O)Nc1ccccc1SCC(F)(F)F. The summed E-state index contributed by atoms with van der Waals surface area (Å²) in [5.41, 5.74) is 0.407. The van der Waals surface area contributed by atoms with Gasteiger partial charge < -0.3 is 10.6 Å². The minimum Gasteiger partial charge on any atom is -0.324 e. The Morgan fingerprint density at radius 2 is 2.00 bits per heavy atom. The Balaban J connectivity index is 2.58. The predicted octanol–water partition coefficient (Wildman–Crippen LogP) is 3.28. The van der Waals surface area contributed by atoms with Gasteiger partial charge in [-0.05, 0) is 25.1 Å². The molecule has 20 heavy (non-hydrogen) atoms. The molecule has 1 aromatic rings. The molecule has 112 valence electrons. The van der Waals surface area contributed by atoms with Crippen molar-refractivity contribution in [2.24, 2.45) is 0 Å². The minimum atomic E-state index is -4.23. The van der Waals surface area contributed by atoms with E-state index in [2.05, 4.69) is 10.6 Å². The van der Waals surface area contributed by atoms with E-state index in [1.807, 2.05) is 6.92 Å². The summed E-state index contributed by atoms with van der Waals surface area (Å²) in [7, 11) is 0. The maximum absolute atomic E-state index is 12.2. The van der Waals surface area contributed by atoms with Crippen LogP contribution >= 0.6 is 11.8 Å². The van der Waals surface area contributed by atoms with Crippen LogP contribution in [0.4, 0.5) is 18.9 Å². The fraction of sp³-hybridized carbons (Fsp3) is 0.462. The van der Waals surface area contributed by atoms with Crippen molar-refractivity contribution in [3.05, 3.63) is 24.3 Å². The molecule has 2 N–H and O–H groups in total. The van der Waals surface area contributed by atoms with E-state index in [0.717, 1.165) is 13.0 Å². The maximum Gasteiger partial charge on any atom is 0.398 e. The molecule has 0 atom stereocenters. The Morgan fingerprint density at radius 1 is 1.30 bits per heavy atom. The zero-order chi connectivity index (χ0) is 15.0. The molecule has 0 saturated carbocycles. The number of thioether (sulfide) groups is 1. The van der Waals surface area contributed by atoms with Crippen molar-refractivity contribution in [1.82, 2.24) is 5.32 Å². The van der Waals surface area contributed by atoms with Gasteiger partial charge in [0.15, 0.2) is 0 Å². The van der Waals surface area contributed by atoms with Gasteiger partial charge in [-0.15, -0.1) is 11.8 Å². The van der Waals surface area contributed by atoms with E-state index in [1.54, 1.807) is 24.3 Å². The Hall–Kier alpha value is -1.21. The molecule has 1 aromatic carbocycles. The highest BCUT2D eigenvalue weighted by Crippen LogP contribution is 2.31.